The molecule has 1 aromatic carbocycles. The van der Waals surface area contributed by atoms with E-state index in [2.05, 4.69) is 10.4 Å². The molecule has 2 aromatic rings. The van der Waals surface area contributed by atoms with Crippen LogP contribution in [0.2, 0.25) is 0 Å². The fourth-order valence-electron chi connectivity index (χ4n) is 1.71. The van der Waals surface area contributed by atoms with E-state index in [1.165, 1.54) is 19.2 Å². The number of ether oxygens (including phenoxy) is 2. The van der Waals surface area contributed by atoms with Gasteiger partial charge in [-0.15, -0.1) is 0 Å². The van der Waals surface area contributed by atoms with E-state index in [1.807, 2.05) is 0 Å². The molecule has 3 N–H and O–H groups in total. The van der Waals surface area contributed by atoms with Crippen molar-refractivity contribution >= 4 is 11.4 Å². The molecule has 21 heavy (non-hydrogen) atoms. The van der Waals surface area contributed by atoms with Gasteiger partial charge in [-0.25, -0.2) is 0 Å². The summed E-state index contributed by atoms with van der Waals surface area (Å²) in [5.41, 5.74) is 3.69. The molecule has 0 saturated heterocycles. The summed E-state index contributed by atoms with van der Waals surface area (Å²) in [5, 5.41) is 10.9. The van der Waals surface area contributed by atoms with Crippen molar-refractivity contribution in [1.82, 2.24) is 4.98 Å². The first-order valence-electron chi connectivity index (χ1n) is 6.01. The summed E-state index contributed by atoms with van der Waals surface area (Å²) in [6.45, 7) is 0.166. The summed E-state index contributed by atoms with van der Waals surface area (Å²) >= 11 is 0. The van der Waals surface area contributed by atoms with Crippen molar-refractivity contribution in [2.45, 2.75) is 6.61 Å². The Kier molecular flexibility index (Phi) is 4.52. The van der Waals surface area contributed by atoms with Gasteiger partial charge < -0.3 is 14.9 Å². The van der Waals surface area contributed by atoms with E-state index >= 15 is 0 Å². The fourth-order valence-corrected chi connectivity index (χ4v) is 1.71. The third-order valence-corrected chi connectivity index (χ3v) is 2.72. The summed E-state index contributed by atoms with van der Waals surface area (Å²) in [5.74, 6) is 5.84. The van der Waals surface area contributed by atoms with Gasteiger partial charge in [0.1, 0.15) is 12.4 Å². The smallest absolute Gasteiger partial charge is 0.314 e. The quantitative estimate of drug-likeness (QED) is 0.474. The van der Waals surface area contributed by atoms with Gasteiger partial charge in [0.2, 0.25) is 0 Å². The highest BCUT2D eigenvalue weighted by atomic mass is 16.6. The van der Waals surface area contributed by atoms with Crippen LogP contribution in [0.25, 0.3) is 0 Å². The Hall–Kier alpha value is -2.87. The molecule has 0 spiro atoms. The summed E-state index contributed by atoms with van der Waals surface area (Å²) in [7, 11) is 1.37. The molecule has 110 valence electrons. The largest absolute Gasteiger partial charge is 0.490 e. The van der Waals surface area contributed by atoms with Crippen LogP contribution < -0.4 is 20.7 Å². The van der Waals surface area contributed by atoms with E-state index in [4.69, 9.17) is 15.3 Å². The second kappa shape index (κ2) is 6.53. The first-order valence-corrected chi connectivity index (χ1v) is 6.01. The highest BCUT2D eigenvalue weighted by molar-refractivity contribution is 5.51. The van der Waals surface area contributed by atoms with Crippen molar-refractivity contribution in [2.24, 2.45) is 5.84 Å². The van der Waals surface area contributed by atoms with Gasteiger partial charge in [0.15, 0.2) is 5.75 Å². The lowest BCUT2D eigenvalue weighted by molar-refractivity contribution is -0.385. The average Bonchev–Trinajstić information content (AvgIpc) is 2.52. The lowest BCUT2D eigenvalue weighted by Crippen LogP contribution is -2.08. The maximum Gasteiger partial charge on any atom is 0.314 e. The van der Waals surface area contributed by atoms with Crippen molar-refractivity contribution in [2.75, 3.05) is 12.5 Å². The molecule has 8 heteroatoms. The van der Waals surface area contributed by atoms with E-state index in [9.17, 15) is 10.1 Å². The van der Waals surface area contributed by atoms with E-state index in [1.54, 1.807) is 24.4 Å². The summed E-state index contributed by atoms with van der Waals surface area (Å²) in [6.07, 6.45) is 1.59. The zero-order valence-electron chi connectivity index (χ0n) is 11.3. The normalized spacial score (nSPS) is 10.0. The van der Waals surface area contributed by atoms with Crippen molar-refractivity contribution in [3.63, 3.8) is 0 Å². The number of benzene rings is 1. The Morgan fingerprint density at radius 2 is 2.19 bits per heavy atom. The number of methoxy groups -OCH3 is 1. The molecule has 0 aliphatic heterocycles. The van der Waals surface area contributed by atoms with Gasteiger partial charge >= 0.3 is 5.69 Å². The zero-order chi connectivity index (χ0) is 15.2. The fraction of sp³-hybridized carbons (Fsp3) is 0.154. The Balaban J connectivity index is 2.12. The van der Waals surface area contributed by atoms with E-state index in [-0.39, 0.29) is 18.0 Å². The van der Waals surface area contributed by atoms with Gasteiger partial charge in [-0.1, -0.05) is 0 Å². The number of aromatic nitrogens is 1. The van der Waals surface area contributed by atoms with Crippen molar-refractivity contribution in [1.29, 1.82) is 0 Å². The van der Waals surface area contributed by atoms with Crippen LogP contribution in [-0.2, 0) is 6.61 Å². The predicted molar refractivity (Wildman–Crippen MR) is 76.0 cm³/mol. The van der Waals surface area contributed by atoms with Crippen LogP contribution in [0.5, 0.6) is 11.5 Å². The van der Waals surface area contributed by atoms with Crippen LogP contribution in [0.15, 0.2) is 36.5 Å². The number of nitro benzene ring substituents is 1. The van der Waals surface area contributed by atoms with Crippen LogP contribution in [-0.4, -0.2) is 17.0 Å². The number of pyridine rings is 1. The number of hydrogen-bond acceptors (Lipinski definition) is 7. The third kappa shape index (κ3) is 3.57. The Bertz CT molecular complexity index is 648. The number of nitrogens with one attached hydrogen (secondary N) is 1. The van der Waals surface area contributed by atoms with Gasteiger partial charge in [0.05, 0.1) is 29.5 Å². The maximum absolute atomic E-state index is 10.9. The minimum atomic E-state index is -0.525. The summed E-state index contributed by atoms with van der Waals surface area (Å²) in [6, 6.07) is 7.82. The molecule has 0 aliphatic rings. The Morgan fingerprint density at radius 1 is 1.38 bits per heavy atom. The second-order valence-electron chi connectivity index (χ2n) is 4.06. The number of rotatable bonds is 6. The minimum absolute atomic E-state index is 0.152. The number of nitrogens with zero attached hydrogens (tertiary/aromatic N) is 2. The molecule has 0 atom stereocenters. The van der Waals surface area contributed by atoms with Crippen LogP contribution in [0.1, 0.15) is 5.69 Å². The number of nitro groups is 1. The minimum Gasteiger partial charge on any atom is -0.490 e. The van der Waals surface area contributed by atoms with E-state index < -0.39 is 4.92 Å². The molecular weight excluding hydrogens is 276 g/mol. The molecule has 1 aromatic heterocycles. The molecule has 0 unspecified atom stereocenters. The number of nitrogens with two attached hydrogens (primary N) is 1. The SMILES string of the molecule is COc1ccc(OCc2cc(NN)ccn2)cc1[N+](=O)[O-]. The maximum atomic E-state index is 10.9. The number of hydrogen-bond donors (Lipinski definition) is 2. The van der Waals surface area contributed by atoms with Crippen molar-refractivity contribution < 1.29 is 14.4 Å². The van der Waals surface area contributed by atoms with Crippen LogP contribution in [0.4, 0.5) is 11.4 Å². The van der Waals surface area contributed by atoms with E-state index in [0.717, 1.165) is 0 Å². The molecular formula is C13H14N4O4. The number of hydrazine groups is 1. The molecule has 8 nitrogen and oxygen atoms in total. The molecule has 0 amide bonds. The van der Waals surface area contributed by atoms with Crippen LogP contribution in [0, 0.1) is 10.1 Å². The van der Waals surface area contributed by atoms with E-state index in [0.29, 0.717) is 17.1 Å². The zero-order valence-corrected chi connectivity index (χ0v) is 11.3. The standard InChI is InChI=1S/C13H14N4O4/c1-20-13-3-2-11(7-12(13)17(18)19)21-8-10-6-9(16-14)4-5-15-10/h2-7H,8,14H2,1H3,(H,15,16). The first kappa shape index (κ1) is 14.5. The first-order chi connectivity index (χ1) is 10.1. The van der Waals surface area contributed by atoms with Gasteiger partial charge in [-0.3, -0.25) is 20.9 Å². The molecule has 2 rings (SSSR count). The lowest BCUT2D eigenvalue weighted by Gasteiger charge is -2.08. The van der Waals surface area contributed by atoms with Crippen LogP contribution >= 0.6 is 0 Å². The van der Waals surface area contributed by atoms with Crippen molar-refractivity contribution in [3.05, 3.63) is 52.3 Å². The van der Waals surface area contributed by atoms with Gasteiger partial charge in [-0.05, 0) is 24.3 Å². The van der Waals surface area contributed by atoms with Gasteiger partial charge in [-0.2, -0.15) is 0 Å². The summed E-state index contributed by atoms with van der Waals surface area (Å²) < 4.78 is 10.4. The van der Waals surface area contributed by atoms with Gasteiger partial charge in [0, 0.05) is 6.20 Å². The molecule has 0 bridgehead atoms. The van der Waals surface area contributed by atoms with Crippen LogP contribution in [0.3, 0.4) is 0 Å². The highest BCUT2D eigenvalue weighted by Gasteiger charge is 2.15. The van der Waals surface area contributed by atoms with Crippen molar-refractivity contribution in [3.8, 4) is 11.5 Å². The third-order valence-electron chi connectivity index (χ3n) is 2.72. The monoisotopic (exact) mass is 290 g/mol. The number of anilines is 1. The Labute approximate surface area is 120 Å². The average molecular weight is 290 g/mol. The lowest BCUT2D eigenvalue weighted by atomic mass is 10.2. The molecule has 0 radical (unpaired) electrons. The summed E-state index contributed by atoms with van der Waals surface area (Å²) in [4.78, 5) is 14.5. The predicted octanol–water partition coefficient (Wildman–Crippen LogP) is 1.86. The molecule has 1 heterocycles. The number of nitrogen functional groups attached to an aromatic ring is 1. The van der Waals surface area contributed by atoms with Gasteiger partial charge in [0.25, 0.3) is 0 Å². The second-order valence-corrected chi connectivity index (χ2v) is 4.06. The molecule has 0 fully saturated rings. The molecule has 0 aliphatic carbocycles. The topological polar surface area (TPSA) is 113 Å². The molecule has 0 saturated carbocycles. The Morgan fingerprint density at radius 3 is 2.86 bits per heavy atom. The highest BCUT2D eigenvalue weighted by Crippen LogP contribution is 2.31.